The summed E-state index contributed by atoms with van der Waals surface area (Å²) in [5.74, 6) is 0.147. The molecule has 6 heteroatoms. The molecule has 1 heterocycles. The lowest BCUT2D eigenvalue weighted by Gasteiger charge is -2.27. The summed E-state index contributed by atoms with van der Waals surface area (Å²) >= 11 is 0. The molecule has 1 aromatic rings. The Morgan fingerprint density at radius 2 is 1.91 bits per heavy atom. The van der Waals surface area contributed by atoms with Gasteiger partial charge in [-0.3, -0.25) is 4.79 Å². The number of nitrogens with one attached hydrogen (secondary N) is 1. The van der Waals surface area contributed by atoms with Gasteiger partial charge in [-0.05, 0) is 49.2 Å². The Balaban J connectivity index is 1.68. The van der Waals surface area contributed by atoms with E-state index in [0.717, 1.165) is 25.9 Å². The van der Waals surface area contributed by atoms with Crippen molar-refractivity contribution in [2.24, 2.45) is 17.8 Å². The first-order valence-corrected chi connectivity index (χ1v) is 8.07. The summed E-state index contributed by atoms with van der Waals surface area (Å²) in [5.41, 5.74) is 0.491. The highest BCUT2D eigenvalue weighted by Gasteiger charge is 2.44. The molecule has 1 aliphatic heterocycles. The average molecular weight is 326 g/mol. The van der Waals surface area contributed by atoms with Crippen molar-refractivity contribution < 1.29 is 18.0 Å². The summed E-state index contributed by atoms with van der Waals surface area (Å²) in [6, 6.07) is 8.33. The quantitative estimate of drug-likeness (QED) is 0.862. The number of nitrogens with zero attached hydrogens (tertiary/aromatic N) is 1. The van der Waals surface area contributed by atoms with Gasteiger partial charge in [0.25, 0.3) is 0 Å². The maximum absolute atomic E-state index is 13.3. The molecule has 0 aromatic heterocycles. The number of carbonyl (C=O) groups is 1. The van der Waals surface area contributed by atoms with Crippen molar-refractivity contribution in [1.29, 1.82) is 0 Å². The Kier molecular flexibility index (Phi) is 4.62. The van der Waals surface area contributed by atoms with Crippen LogP contribution in [-0.2, 0) is 11.3 Å². The van der Waals surface area contributed by atoms with Gasteiger partial charge in [0.15, 0.2) is 0 Å². The van der Waals surface area contributed by atoms with Crippen LogP contribution in [0, 0.1) is 17.8 Å². The smallest absolute Gasteiger partial charge is 0.316 e. The van der Waals surface area contributed by atoms with Crippen LogP contribution < -0.4 is 5.32 Å². The highest BCUT2D eigenvalue weighted by atomic mass is 19.4. The molecule has 3 unspecified atom stereocenters. The number of fused-ring (bicyclic) bond motifs is 1. The van der Waals surface area contributed by atoms with Crippen LogP contribution in [0.3, 0.4) is 0 Å². The fourth-order valence-electron chi connectivity index (χ4n) is 3.94. The summed E-state index contributed by atoms with van der Waals surface area (Å²) < 4.78 is 39.9. The first-order chi connectivity index (χ1) is 10.9. The molecule has 1 aromatic carbocycles. The summed E-state index contributed by atoms with van der Waals surface area (Å²) in [4.78, 5) is 12.4. The number of hydrogen-bond donors (Lipinski definition) is 1. The van der Waals surface area contributed by atoms with Gasteiger partial charge in [-0.25, -0.2) is 4.90 Å². The fourth-order valence-corrected chi connectivity index (χ4v) is 3.94. The first kappa shape index (κ1) is 16.3. The lowest BCUT2D eigenvalue weighted by Crippen LogP contribution is -2.43. The van der Waals surface area contributed by atoms with E-state index in [-0.39, 0.29) is 17.2 Å². The van der Waals surface area contributed by atoms with E-state index < -0.39 is 18.8 Å². The molecule has 0 radical (unpaired) electrons. The van der Waals surface area contributed by atoms with Crippen LogP contribution in [0.4, 0.5) is 13.2 Å². The minimum absolute atomic E-state index is 0.00477. The van der Waals surface area contributed by atoms with Crippen LogP contribution >= 0.6 is 0 Å². The zero-order valence-corrected chi connectivity index (χ0v) is 12.9. The molecule has 126 valence electrons. The van der Waals surface area contributed by atoms with Crippen molar-refractivity contribution >= 4 is 5.91 Å². The average Bonchev–Trinajstić information content (AvgIpc) is 3.09. The molecule has 3 nitrogen and oxygen atoms in total. The lowest BCUT2D eigenvalue weighted by molar-refractivity contribution is -0.244. The number of rotatable bonds is 4. The number of benzene rings is 1. The van der Waals surface area contributed by atoms with Crippen molar-refractivity contribution in [2.75, 3.05) is 13.1 Å². The molecule has 1 amide bonds. The summed E-state index contributed by atoms with van der Waals surface area (Å²) in [5, 5.41) is 3.28. The maximum Gasteiger partial charge on any atom is 0.487 e. The standard InChI is InChI=1S/C17H21F3N2O/c18-17(19,20)22(11-12-4-2-1-3-5-12)16(23)8-13-6-7-14-9-21-10-15(13)14/h1-5,13-15,21H,6-11H2. The third kappa shape index (κ3) is 3.68. The summed E-state index contributed by atoms with van der Waals surface area (Å²) in [7, 11) is 0. The van der Waals surface area contributed by atoms with Gasteiger partial charge < -0.3 is 5.32 Å². The molecule has 3 atom stereocenters. The van der Waals surface area contributed by atoms with Crippen molar-refractivity contribution in [2.45, 2.75) is 32.1 Å². The van der Waals surface area contributed by atoms with Crippen LogP contribution in [0.25, 0.3) is 0 Å². The molecule has 1 saturated carbocycles. The van der Waals surface area contributed by atoms with Crippen molar-refractivity contribution in [3.63, 3.8) is 0 Å². The van der Waals surface area contributed by atoms with E-state index in [1.807, 2.05) is 0 Å². The van der Waals surface area contributed by atoms with Crippen molar-refractivity contribution in [3.8, 4) is 0 Å². The molecular formula is C17H21F3N2O. The van der Waals surface area contributed by atoms with Crippen molar-refractivity contribution in [1.82, 2.24) is 10.2 Å². The second-order valence-corrected chi connectivity index (χ2v) is 6.56. The zero-order valence-electron chi connectivity index (χ0n) is 12.9. The van der Waals surface area contributed by atoms with Crippen LogP contribution in [0.5, 0.6) is 0 Å². The third-order valence-electron chi connectivity index (χ3n) is 5.13. The highest BCUT2D eigenvalue weighted by molar-refractivity contribution is 5.77. The van der Waals surface area contributed by atoms with E-state index in [9.17, 15) is 18.0 Å². The molecule has 2 fully saturated rings. The predicted molar refractivity (Wildman–Crippen MR) is 80.2 cm³/mol. The lowest BCUT2D eigenvalue weighted by atomic mass is 9.89. The second-order valence-electron chi connectivity index (χ2n) is 6.56. The molecule has 2 aliphatic rings. The van der Waals surface area contributed by atoms with Gasteiger partial charge in [-0.1, -0.05) is 30.3 Å². The van der Waals surface area contributed by atoms with Crippen molar-refractivity contribution in [3.05, 3.63) is 35.9 Å². The van der Waals surface area contributed by atoms with Gasteiger partial charge in [0.1, 0.15) is 0 Å². The SMILES string of the molecule is O=C(CC1CCC2CNCC21)N(Cc1ccccc1)C(F)(F)F. The monoisotopic (exact) mass is 326 g/mol. The van der Waals surface area contributed by atoms with Gasteiger partial charge in [0.05, 0.1) is 6.54 Å². The van der Waals surface area contributed by atoms with E-state index in [2.05, 4.69) is 5.32 Å². The molecule has 1 aliphatic carbocycles. The van der Waals surface area contributed by atoms with Crippen LogP contribution in [0.1, 0.15) is 24.8 Å². The molecular weight excluding hydrogens is 305 g/mol. The normalized spacial score (nSPS) is 27.0. The third-order valence-corrected chi connectivity index (χ3v) is 5.13. The summed E-state index contributed by atoms with van der Waals surface area (Å²) in [6.07, 6.45) is -2.77. The molecule has 3 rings (SSSR count). The Hall–Kier alpha value is -1.56. The van der Waals surface area contributed by atoms with E-state index in [1.165, 1.54) is 0 Å². The van der Waals surface area contributed by atoms with E-state index in [1.54, 1.807) is 30.3 Å². The second kappa shape index (κ2) is 6.51. The summed E-state index contributed by atoms with van der Waals surface area (Å²) in [6.45, 7) is 1.35. The van der Waals surface area contributed by atoms with E-state index >= 15 is 0 Å². The van der Waals surface area contributed by atoms with Gasteiger partial charge >= 0.3 is 6.30 Å². The van der Waals surface area contributed by atoms with Gasteiger partial charge in [0.2, 0.25) is 5.91 Å². The molecule has 1 saturated heterocycles. The van der Waals surface area contributed by atoms with Gasteiger partial charge in [-0.2, -0.15) is 0 Å². The molecule has 0 bridgehead atoms. The van der Waals surface area contributed by atoms with Crippen LogP contribution in [-0.4, -0.2) is 30.2 Å². The predicted octanol–water partition coefficient (Wildman–Crippen LogP) is 3.17. The number of halogens is 3. The molecule has 23 heavy (non-hydrogen) atoms. The Morgan fingerprint density at radius 3 is 2.61 bits per heavy atom. The highest BCUT2D eigenvalue weighted by Crippen LogP contribution is 2.41. The van der Waals surface area contributed by atoms with Crippen LogP contribution in [0.15, 0.2) is 30.3 Å². The van der Waals surface area contributed by atoms with E-state index in [0.29, 0.717) is 17.4 Å². The minimum Gasteiger partial charge on any atom is -0.316 e. The van der Waals surface area contributed by atoms with E-state index in [4.69, 9.17) is 0 Å². The number of amides is 1. The topological polar surface area (TPSA) is 32.3 Å². The first-order valence-electron chi connectivity index (χ1n) is 8.07. The molecule has 0 spiro atoms. The largest absolute Gasteiger partial charge is 0.487 e. The minimum atomic E-state index is -4.64. The number of alkyl halides is 3. The van der Waals surface area contributed by atoms with Crippen LogP contribution in [0.2, 0.25) is 0 Å². The zero-order chi connectivity index (χ0) is 16.4. The molecule has 1 N–H and O–H groups in total. The Labute approximate surface area is 133 Å². The number of hydrogen-bond acceptors (Lipinski definition) is 2. The fraction of sp³-hybridized carbons (Fsp3) is 0.588. The van der Waals surface area contributed by atoms with Gasteiger partial charge in [-0.15, -0.1) is 13.2 Å². The maximum atomic E-state index is 13.3. The Morgan fingerprint density at radius 1 is 1.17 bits per heavy atom. The van der Waals surface area contributed by atoms with Gasteiger partial charge in [0, 0.05) is 6.42 Å². The Bertz CT molecular complexity index is 547. The number of carbonyl (C=O) groups excluding carboxylic acids is 1.